The van der Waals surface area contributed by atoms with Crippen molar-refractivity contribution in [3.8, 4) is 11.1 Å². The predicted molar refractivity (Wildman–Crippen MR) is 129 cm³/mol. The van der Waals surface area contributed by atoms with Gasteiger partial charge in [-0.1, -0.05) is 0 Å². The minimum atomic E-state index is -0.870. The largest absolute Gasteiger partial charge is 0.379 e. The van der Waals surface area contributed by atoms with E-state index in [2.05, 4.69) is 25.9 Å². The van der Waals surface area contributed by atoms with Crippen LogP contribution < -0.4 is 16.0 Å². The molecule has 0 fully saturated rings. The summed E-state index contributed by atoms with van der Waals surface area (Å²) >= 11 is 0. The Labute approximate surface area is 197 Å². The minimum Gasteiger partial charge on any atom is -0.379 e. The van der Waals surface area contributed by atoms with Crippen molar-refractivity contribution in [1.29, 1.82) is 0 Å². The lowest BCUT2D eigenvalue weighted by Crippen LogP contribution is -2.34. The molecule has 2 heterocycles. The van der Waals surface area contributed by atoms with Crippen molar-refractivity contribution in [2.75, 3.05) is 31.3 Å². The zero-order valence-electron chi connectivity index (χ0n) is 19.2. The highest BCUT2D eigenvalue weighted by Gasteiger charge is 2.18. The second-order valence-corrected chi connectivity index (χ2v) is 8.04. The third kappa shape index (κ3) is 6.27. The zero-order chi connectivity index (χ0) is 23.5. The zero-order valence-corrected chi connectivity index (χ0v) is 20.0. The first kappa shape index (κ1) is 26.2. The number of amides is 2. The summed E-state index contributed by atoms with van der Waals surface area (Å²) in [6.07, 6.45) is 2.20. The summed E-state index contributed by atoms with van der Waals surface area (Å²) in [5, 5.41) is 8.76. The summed E-state index contributed by atoms with van der Waals surface area (Å²) < 4.78 is 34.4. The molecule has 0 spiro atoms. The molecule has 0 radical (unpaired) electrons. The van der Waals surface area contributed by atoms with Crippen molar-refractivity contribution in [3.05, 3.63) is 47.8 Å². The van der Waals surface area contributed by atoms with Gasteiger partial charge in [-0.05, 0) is 39.3 Å². The number of hydrogen-bond donors (Lipinski definition) is 3. The topological polar surface area (TPSA) is 88.2 Å². The van der Waals surface area contributed by atoms with Gasteiger partial charge in [-0.3, -0.25) is 4.98 Å². The average molecular weight is 480 g/mol. The van der Waals surface area contributed by atoms with E-state index in [1.807, 2.05) is 13.8 Å². The summed E-state index contributed by atoms with van der Waals surface area (Å²) in [5.41, 5.74) is 1.35. The summed E-state index contributed by atoms with van der Waals surface area (Å²) in [5.74, 6) is -0.957. The van der Waals surface area contributed by atoms with E-state index in [-0.39, 0.29) is 23.7 Å². The van der Waals surface area contributed by atoms with Gasteiger partial charge in [0.15, 0.2) is 0 Å². The number of hydrogen-bond acceptors (Lipinski definition) is 5. The molecule has 33 heavy (non-hydrogen) atoms. The number of nitrogens with one attached hydrogen (secondary N) is 3. The molecule has 2 amide bonds. The van der Waals surface area contributed by atoms with Crippen molar-refractivity contribution in [1.82, 2.24) is 15.3 Å². The van der Waals surface area contributed by atoms with Gasteiger partial charge >= 0.3 is 6.03 Å². The molecule has 0 aliphatic carbocycles. The number of methoxy groups -OCH3 is 1. The van der Waals surface area contributed by atoms with E-state index < -0.39 is 23.3 Å². The third-order valence-corrected chi connectivity index (χ3v) is 5.31. The molecule has 3 aromatic rings. The number of anilines is 2. The number of nitrogens with zero attached hydrogens (tertiary/aromatic N) is 2. The van der Waals surface area contributed by atoms with E-state index in [9.17, 15) is 13.6 Å². The quantitative estimate of drug-likeness (QED) is 0.429. The van der Waals surface area contributed by atoms with E-state index in [0.29, 0.717) is 40.9 Å². The molecular formula is C23H28ClF2N5O2. The molecule has 3 N–H and O–H groups in total. The molecule has 10 heteroatoms. The van der Waals surface area contributed by atoms with Gasteiger partial charge < -0.3 is 20.7 Å². The lowest BCUT2D eigenvalue weighted by atomic mass is 10.0. The maximum Gasteiger partial charge on any atom is 0.319 e. The van der Waals surface area contributed by atoms with Crippen LogP contribution in [-0.4, -0.2) is 42.3 Å². The summed E-state index contributed by atoms with van der Waals surface area (Å²) in [6.45, 7) is 5.87. The molecule has 3 rings (SSSR count). The van der Waals surface area contributed by atoms with E-state index in [0.717, 1.165) is 6.07 Å². The fourth-order valence-electron chi connectivity index (χ4n) is 3.17. The highest BCUT2D eigenvalue weighted by Crippen LogP contribution is 2.32. The first-order valence-corrected chi connectivity index (χ1v) is 10.2. The lowest BCUT2D eigenvalue weighted by Gasteiger charge is -2.22. The molecule has 0 unspecified atom stereocenters. The van der Waals surface area contributed by atoms with Crippen LogP contribution in [0, 0.1) is 18.6 Å². The molecule has 0 saturated heterocycles. The number of rotatable bonds is 7. The Morgan fingerprint density at radius 1 is 1.12 bits per heavy atom. The highest BCUT2D eigenvalue weighted by molar-refractivity contribution is 5.91. The van der Waals surface area contributed by atoms with Gasteiger partial charge in [0.2, 0.25) is 0 Å². The van der Waals surface area contributed by atoms with Crippen LogP contribution in [0.3, 0.4) is 0 Å². The number of fused-ring (bicyclic) bond motifs is 1. The Bertz CT molecular complexity index is 1160. The normalized spacial score (nSPS) is 11.1. The number of ether oxygens (including phenoxy) is 1. The molecule has 0 atom stereocenters. The summed E-state index contributed by atoms with van der Waals surface area (Å²) in [4.78, 5) is 21.0. The van der Waals surface area contributed by atoms with Crippen LogP contribution in [0.2, 0.25) is 0 Å². The Morgan fingerprint density at radius 2 is 1.85 bits per heavy atom. The van der Waals surface area contributed by atoms with Crippen LogP contribution in [0.4, 0.5) is 25.1 Å². The Morgan fingerprint density at radius 3 is 2.52 bits per heavy atom. The molecular weight excluding hydrogens is 452 g/mol. The van der Waals surface area contributed by atoms with Gasteiger partial charge in [-0.25, -0.2) is 18.6 Å². The molecule has 0 saturated carbocycles. The van der Waals surface area contributed by atoms with Crippen molar-refractivity contribution in [2.24, 2.45) is 0 Å². The molecule has 0 bridgehead atoms. The predicted octanol–water partition coefficient (Wildman–Crippen LogP) is 5.28. The standard InChI is InChI=1S/C23H27F2N5O2.ClH/c1-13-15(8-14-12-28-21(26-4)11-19(14)29-13)16-9-20(18(25)10-17(16)24)30-22(31)27-7-6-23(2,3)32-5;/h8-12H,6-7H2,1-5H3,(H,26,28)(H2,27,30,31);1H. The maximum absolute atomic E-state index is 14.7. The minimum absolute atomic E-state index is 0. The van der Waals surface area contributed by atoms with E-state index >= 15 is 0 Å². The number of aryl methyl sites for hydroxylation is 1. The van der Waals surface area contributed by atoms with E-state index in [1.54, 1.807) is 39.4 Å². The van der Waals surface area contributed by atoms with Crippen LogP contribution in [-0.2, 0) is 4.74 Å². The Hall–Kier alpha value is -3.04. The van der Waals surface area contributed by atoms with E-state index in [1.165, 1.54) is 6.07 Å². The average Bonchev–Trinajstić information content (AvgIpc) is 2.74. The first-order valence-electron chi connectivity index (χ1n) is 10.2. The second-order valence-electron chi connectivity index (χ2n) is 8.04. The summed E-state index contributed by atoms with van der Waals surface area (Å²) in [6, 6.07) is 4.97. The SMILES string of the molecule is CNc1cc2nc(C)c(-c3cc(NC(=O)NCCC(C)(C)OC)c(F)cc3F)cc2cn1.Cl. The van der Waals surface area contributed by atoms with Crippen LogP contribution >= 0.6 is 12.4 Å². The van der Waals surface area contributed by atoms with Gasteiger partial charge in [-0.2, -0.15) is 0 Å². The Balaban J connectivity index is 0.00000385. The Kier molecular flexibility index (Phi) is 8.51. The van der Waals surface area contributed by atoms with Crippen LogP contribution in [0.1, 0.15) is 26.0 Å². The van der Waals surface area contributed by atoms with Crippen molar-refractivity contribution in [3.63, 3.8) is 0 Å². The molecule has 0 aliphatic heterocycles. The van der Waals surface area contributed by atoms with Crippen molar-refractivity contribution >= 4 is 40.8 Å². The number of carbonyl (C=O) groups is 1. The number of aromatic nitrogens is 2. The second kappa shape index (κ2) is 10.7. The number of pyridine rings is 2. The molecule has 7 nitrogen and oxygen atoms in total. The molecule has 2 aromatic heterocycles. The number of benzene rings is 1. The fourth-order valence-corrected chi connectivity index (χ4v) is 3.17. The third-order valence-electron chi connectivity index (χ3n) is 5.31. The van der Waals surface area contributed by atoms with Gasteiger partial charge in [0.1, 0.15) is 17.5 Å². The van der Waals surface area contributed by atoms with Gasteiger partial charge in [0, 0.05) is 61.2 Å². The van der Waals surface area contributed by atoms with Gasteiger partial charge in [0.25, 0.3) is 0 Å². The smallest absolute Gasteiger partial charge is 0.319 e. The van der Waals surface area contributed by atoms with Gasteiger partial charge in [0.05, 0.1) is 16.8 Å². The molecule has 1 aromatic carbocycles. The highest BCUT2D eigenvalue weighted by atomic mass is 35.5. The monoisotopic (exact) mass is 479 g/mol. The first-order chi connectivity index (χ1) is 15.1. The van der Waals surface area contributed by atoms with Crippen molar-refractivity contribution < 1.29 is 18.3 Å². The van der Waals surface area contributed by atoms with Gasteiger partial charge in [-0.15, -0.1) is 12.4 Å². The molecule has 0 aliphatic rings. The number of halogens is 3. The fraction of sp³-hybridized carbons (Fsp3) is 0.348. The number of urea groups is 1. The van der Waals surface area contributed by atoms with Crippen molar-refractivity contribution in [2.45, 2.75) is 32.8 Å². The summed E-state index contributed by atoms with van der Waals surface area (Å²) in [7, 11) is 3.35. The van der Waals surface area contributed by atoms with Crippen LogP contribution in [0.25, 0.3) is 22.0 Å². The van der Waals surface area contributed by atoms with Crippen LogP contribution in [0.15, 0.2) is 30.5 Å². The van der Waals surface area contributed by atoms with Crippen LogP contribution in [0.5, 0.6) is 0 Å². The molecule has 178 valence electrons. The number of carbonyl (C=O) groups excluding carboxylic acids is 1. The maximum atomic E-state index is 14.7. The lowest BCUT2D eigenvalue weighted by molar-refractivity contribution is 0.0165. The van der Waals surface area contributed by atoms with E-state index in [4.69, 9.17) is 4.74 Å².